The number of aliphatic imine (C=N–C) groups is 1. The maximum atomic E-state index is 5.78. The Hall–Kier alpha value is -0.770. The first-order valence-corrected chi connectivity index (χ1v) is 7.34. The molecule has 0 amide bonds. The van der Waals surface area contributed by atoms with Gasteiger partial charge in [-0.15, -0.1) is 0 Å². The molecule has 1 heterocycles. The molecule has 0 unspecified atom stereocenters. The normalized spacial score (nSPS) is 19.4. The summed E-state index contributed by atoms with van der Waals surface area (Å²) in [4.78, 5) is 6.85. The van der Waals surface area contributed by atoms with Gasteiger partial charge in [-0.1, -0.05) is 20.8 Å². The largest absolute Gasteiger partial charge is 0.370 e. The Morgan fingerprint density at radius 1 is 1.39 bits per heavy atom. The quantitative estimate of drug-likeness (QED) is 0.431. The maximum absolute atomic E-state index is 5.78. The third-order valence-corrected chi connectivity index (χ3v) is 3.46. The number of hydrogen-bond donors (Lipinski definition) is 2. The molecule has 0 aliphatic carbocycles. The Labute approximate surface area is 112 Å². The molecule has 0 spiro atoms. The summed E-state index contributed by atoms with van der Waals surface area (Å²) in [5.41, 5.74) is 5.78. The Morgan fingerprint density at radius 3 is 2.67 bits per heavy atom. The van der Waals surface area contributed by atoms with E-state index in [0.29, 0.717) is 11.9 Å². The average molecular weight is 254 g/mol. The smallest absolute Gasteiger partial charge is 0.188 e. The zero-order valence-electron chi connectivity index (χ0n) is 12.3. The fraction of sp³-hybridized carbons (Fsp3) is 0.929. The molecule has 4 heteroatoms. The lowest BCUT2D eigenvalue weighted by atomic mass is 9.99. The van der Waals surface area contributed by atoms with Gasteiger partial charge in [0.2, 0.25) is 0 Å². The Balaban J connectivity index is 2.02. The second-order valence-corrected chi connectivity index (χ2v) is 5.92. The fourth-order valence-corrected chi connectivity index (χ4v) is 2.14. The molecule has 18 heavy (non-hydrogen) atoms. The first kappa shape index (κ1) is 15.3. The van der Waals surface area contributed by atoms with Crippen molar-refractivity contribution in [1.29, 1.82) is 0 Å². The number of likely N-dealkylation sites (tertiary alicyclic amines) is 1. The molecule has 1 rings (SSSR count). The van der Waals surface area contributed by atoms with E-state index in [1.807, 2.05) is 0 Å². The topological polar surface area (TPSA) is 53.6 Å². The van der Waals surface area contributed by atoms with Crippen LogP contribution in [0, 0.1) is 11.8 Å². The van der Waals surface area contributed by atoms with Crippen LogP contribution in [-0.4, -0.2) is 43.6 Å². The van der Waals surface area contributed by atoms with Crippen LogP contribution in [0.3, 0.4) is 0 Å². The summed E-state index contributed by atoms with van der Waals surface area (Å²) >= 11 is 0. The number of piperidine rings is 1. The molecule has 0 aromatic rings. The van der Waals surface area contributed by atoms with E-state index in [1.165, 1.54) is 32.5 Å². The van der Waals surface area contributed by atoms with E-state index >= 15 is 0 Å². The van der Waals surface area contributed by atoms with Gasteiger partial charge in [-0.3, -0.25) is 4.99 Å². The van der Waals surface area contributed by atoms with Crippen LogP contribution in [0.4, 0.5) is 0 Å². The van der Waals surface area contributed by atoms with Gasteiger partial charge in [0, 0.05) is 13.1 Å². The van der Waals surface area contributed by atoms with Crippen molar-refractivity contribution in [3.63, 3.8) is 0 Å². The number of guanidine groups is 1. The van der Waals surface area contributed by atoms with Crippen LogP contribution < -0.4 is 11.1 Å². The van der Waals surface area contributed by atoms with Gasteiger partial charge in [0.25, 0.3) is 0 Å². The molecule has 1 aliphatic heterocycles. The van der Waals surface area contributed by atoms with E-state index in [0.717, 1.165) is 25.4 Å². The fourth-order valence-electron chi connectivity index (χ4n) is 2.14. The Kier molecular flexibility index (Phi) is 7.09. The number of hydrogen-bond acceptors (Lipinski definition) is 2. The molecule has 0 aromatic heterocycles. The molecule has 106 valence electrons. The molecule has 0 saturated carbocycles. The minimum absolute atomic E-state index is 0.570. The highest BCUT2D eigenvalue weighted by atomic mass is 15.1. The van der Waals surface area contributed by atoms with E-state index in [-0.39, 0.29) is 0 Å². The Morgan fingerprint density at radius 2 is 2.06 bits per heavy atom. The molecule has 0 aromatic carbocycles. The van der Waals surface area contributed by atoms with E-state index < -0.39 is 0 Å². The zero-order valence-corrected chi connectivity index (χ0v) is 12.3. The first-order chi connectivity index (χ1) is 8.58. The maximum Gasteiger partial charge on any atom is 0.188 e. The lowest BCUT2D eigenvalue weighted by Crippen LogP contribution is -2.37. The van der Waals surface area contributed by atoms with E-state index in [9.17, 15) is 0 Å². The predicted octanol–water partition coefficient (Wildman–Crippen LogP) is 1.67. The summed E-state index contributed by atoms with van der Waals surface area (Å²) in [6, 6.07) is 0. The van der Waals surface area contributed by atoms with Gasteiger partial charge in [-0.2, -0.15) is 0 Å². The summed E-state index contributed by atoms with van der Waals surface area (Å²) in [6.07, 6.45) is 3.85. The van der Waals surface area contributed by atoms with Crippen LogP contribution in [0.25, 0.3) is 0 Å². The van der Waals surface area contributed by atoms with Gasteiger partial charge in [0.15, 0.2) is 5.96 Å². The van der Waals surface area contributed by atoms with Gasteiger partial charge in [-0.25, -0.2) is 0 Å². The SMILES string of the molecule is CC(C)CN=C(N)NCCCN1CCC(C)CC1. The second kappa shape index (κ2) is 8.35. The van der Waals surface area contributed by atoms with E-state index in [2.05, 4.69) is 36.0 Å². The monoisotopic (exact) mass is 254 g/mol. The highest BCUT2D eigenvalue weighted by molar-refractivity contribution is 5.77. The van der Waals surface area contributed by atoms with Gasteiger partial charge in [-0.05, 0) is 50.7 Å². The van der Waals surface area contributed by atoms with Crippen LogP contribution in [0.2, 0.25) is 0 Å². The molecule has 1 fully saturated rings. The van der Waals surface area contributed by atoms with Gasteiger partial charge in [0.05, 0.1) is 0 Å². The molecule has 4 nitrogen and oxygen atoms in total. The van der Waals surface area contributed by atoms with Crippen molar-refractivity contribution in [3.8, 4) is 0 Å². The average Bonchev–Trinajstić information content (AvgIpc) is 2.34. The molecule has 0 radical (unpaired) electrons. The number of rotatable bonds is 6. The van der Waals surface area contributed by atoms with E-state index in [4.69, 9.17) is 5.73 Å². The lowest BCUT2D eigenvalue weighted by Gasteiger charge is -2.30. The summed E-state index contributed by atoms with van der Waals surface area (Å²) in [6.45, 7) is 12.1. The molecular formula is C14H30N4. The zero-order chi connectivity index (χ0) is 13.4. The molecule has 1 saturated heterocycles. The standard InChI is InChI=1S/C14H30N4/c1-12(2)11-17-14(15)16-7-4-8-18-9-5-13(3)6-10-18/h12-13H,4-11H2,1-3H3,(H3,15,16,17). The predicted molar refractivity (Wildman–Crippen MR) is 78.8 cm³/mol. The number of nitrogens with zero attached hydrogens (tertiary/aromatic N) is 2. The van der Waals surface area contributed by atoms with Crippen LogP contribution in [0.1, 0.15) is 40.0 Å². The number of nitrogens with one attached hydrogen (secondary N) is 1. The molecule has 0 bridgehead atoms. The Bertz CT molecular complexity index is 242. The highest BCUT2D eigenvalue weighted by Crippen LogP contribution is 2.15. The highest BCUT2D eigenvalue weighted by Gasteiger charge is 2.14. The molecular weight excluding hydrogens is 224 g/mol. The summed E-state index contributed by atoms with van der Waals surface area (Å²) in [7, 11) is 0. The van der Waals surface area contributed by atoms with E-state index in [1.54, 1.807) is 0 Å². The van der Waals surface area contributed by atoms with Crippen molar-refractivity contribution in [2.75, 3.05) is 32.7 Å². The molecule has 3 N–H and O–H groups in total. The summed E-state index contributed by atoms with van der Waals surface area (Å²) in [5, 5.41) is 3.19. The van der Waals surface area contributed by atoms with Crippen LogP contribution in [-0.2, 0) is 0 Å². The van der Waals surface area contributed by atoms with Crippen molar-refractivity contribution >= 4 is 5.96 Å². The third kappa shape index (κ3) is 6.84. The van der Waals surface area contributed by atoms with Gasteiger partial charge in [0.1, 0.15) is 0 Å². The van der Waals surface area contributed by atoms with Crippen molar-refractivity contribution < 1.29 is 0 Å². The summed E-state index contributed by atoms with van der Waals surface area (Å²) in [5.74, 6) is 2.08. The third-order valence-electron chi connectivity index (χ3n) is 3.46. The first-order valence-electron chi connectivity index (χ1n) is 7.34. The minimum atomic E-state index is 0.570. The lowest BCUT2D eigenvalue weighted by molar-refractivity contribution is 0.191. The minimum Gasteiger partial charge on any atom is -0.370 e. The van der Waals surface area contributed by atoms with Gasteiger partial charge < -0.3 is 16.0 Å². The number of nitrogens with two attached hydrogens (primary N) is 1. The van der Waals surface area contributed by atoms with Crippen molar-refractivity contribution in [2.45, 2.75) is 40.0 Å². The van der Waals surface area contributed by atoms with Gasteiger partial charge >= 0.3 is 0 Å². The second-order valence-electron chi connectivity index (χ2n) is 5.92. The van der Waals surface area contributed by atoms with Crippen LogP contribution in [0.15, 0.2) is 4.99 Å². The summed E-state index contributed by atoms with van der Waals surface area (Å²) < 4.78 is 0. The molecule has 1 aliphatic rings. The van der Waals surface area contributed by atoms with Crippen LogP contribution in [0.5, 0.6) is 0 Å². The van der Waals surface area contributed by atoms with Crippen LogP contribution >= 0.6 is 0 Å². The van der Waals surface area contributed by atoms with Crippen molar-refractivity contribution in [2.24, 2.45) is 22.6 Å². The van der Waals surface area contributed by atoms with Crippen molar-refractivity contribution in [3.05, 3.63) is 0 Å². The molecule has 0 atom stereocenters. The van der Waals surface area contributed by atoms with Crippen molar-refractivity contribution in [1.82, 2.24) is 10.2 Å².